The van der Waals surface area contributed by atoms with Crippen LogP contribution in [0, 0.1) is 0 Å². The summed E-state index contributed by atoms with van der Waals surface area (Å²) in [6.45, 7) is 1.88. The molecule has 1 saturated heterocycles. The first kappa shape index (κ1) is 17.3. The zero-order valence-corrected chi connectivity index (χ0v) is 14.5. The summed E-state index contributed by atoms with van der Waals surface area (Å²) in [7, 11) is -2.94. The van der Waals surface area contributed by atoms with E-state index in [2.05, 4.69) is 17.4 Å². The van der Waals surface area contributed by atoms with Crippen molar-refractivity contribution in [3.63, 3.8) is 0 Å². The van der Waals surface area contributed by atoms with Gasteiger partial charge >= 0.3 is 0 Å². The first-order chi connectivity index (χ1) is 10.5. The van der Waals surface area contributed by atoms with Crippen LogP contribution < -0.4 is 5.32 Å². The highest BCUT2D eigenvalue weighted by molar-refractivity contribution is 8.00. The minimum absolute atomic E-state index is 0.0492. The van der Waals surface area contributed by atoms with Gasteiger partial charge in [-0.2, -0.15) is 0 Å². The van der Waals surface area contributed by atoms with Gasteiger partial charge in [-0.3, -0.25) is 4.79 Å². The van der Waals surface area contributed by atoms with Gasteiger partial charge in [-0.25, -0.2) is 8.42 Å². The van der Waals surface area contributed by atoms with E-state index in [-0.39, 0.29) is 28.7 Å². The van der Waals surface area contributed by atoms with Crippen molar-refractivity contribution in [2.45, 2.75) is 37.5 Å². The minimum atomic E-state index is -2.94. The summed E-state index contributed by atoms with van der Waals surface area (Å²) in [6.07, 6.45) is 2.59. The van der Waals surface area contributed by atoms with Gasteiger partial charge in [0, 0.05) is 6.04 Å². The van der Waals surface area contributed by atoms with E-state index in [4.69, 9.17) is 0 Å². The molecule has 0 unspecified atom stereocenters. The Balaban J connectivity index is 1.64. The van der Waals surface area contributed by atoms with Crippen molar-refractivity contribution in [2.24, 2.45) is 0 Å². The number of carbonyl (C=O) groups is 1. The Morgan fingerprint density at radius 2 is 2.09 bits per heavy atom. The molecule has 122 valence electrons. The highest BCUT2D eigenvalue weighted by Crippen LogP contribution is 2.16. The summed E-state index contributed by atoms with van der Waals surface area (Å²) in [4.78, 5) is 12.0. The molecule has 1 aromatic carbocycles. The number of hydrogen-bond acceptors (Lipinski definition) is 4. The first-order valence-corrected chi connectivity index (χ1v) is 10.5. The Bertz CT molecular complexity index is 587. The van der Waals surface area contributed by atoms with Crippen LogP contribution in [0.4, 0.5) is 0 Å². The molecule has 2 rings (SSSR count). The van der Waals surface area contributed by atoms with E-state index >= 15 is 0 Å². The SMILES string of the molecule is C[C@@H](SCCCc1ccccc1)C(=O)N[C@@H]1CCS(=O)(=O)C1. The monoisotopic (exact) mass is 341 g/mol. The standard InChI is InChI=1S/C16H23NO3S2/c1-13(16(18)17-15-9-11-22(19,20)12-15)21-10-5-8-14-6-3-2-4-7-14/h2-4,6-7,13,15H,5,8-12H2,1H3,(H,17,18)/t13-,15-/m1/s1. The van der Waals surface area contributed by atoms with E-state index in [1.807, 2.05) is 25.1 Å². The molecule has 1 aliphatic rings. The number of thioether (sulfide) groups is 1. The maximum absolute atomic E-state index is 12.0. The highest BCUT2D eigenvalue weighted by Gasteiger charge is 2.29. The summed E-state index contributed by atoms with van der Waals surface area (Å²) in [5.74, 6) is 1.15. The maximum Gasteiger partial charge on any atom is 0.233 e. The molecule has 1 aromatic rings. The molecular weight excluding hydrogens is 318 g/mol. The predicted molar refractivity (Wildman–Crippen MR) is 91.9 cm³/mol. The molecule has 0 radical (unpaired) electrons. The molecule has 2 atom stereocenters. The molecule has 1 aliphatic heterocycles. The zero-order valence-electron chi connectivity index (χ0n) is 12.8. The molecule has 1 amide bonds. The van der Waals surface area contributed by atoms with Crippen LogP contribution in [-0.2, 0) is 21.1 Å². The largest absolute Gasteiger partial charge is 0.351 e. The van der Waals surface area contributed by atoms with Gasteiger partial charge in [0.2, 0.25) is 5.91 Å². The van der Waals surface area contributed by atoms with Crippen LogP contribution in [0.15, 0.2) is 30.3 Å². The van der Waals surface area contributed by atoms with Gasteiger partial charge in [0.1, 0.15) is 0 Å². The molecule has 0 bridgehead atoms. The number of nitrogens with one attached hydrogen (secondary N) is 1. The summed E-state index contributed by atoms with van der Waals surface area (Å²) in [6, 6.07) is 10.1. The first-order valence-electron chi connectivity index (χ1n) is 7.62. The fourth-order valence-corrected chi connectivity index (χ4v) is 5.04. The molecule has 0 spiro atoms. The normalized spacial score (nSPS) is 21.4. The molecule has 0 aromatic heterocycles. The average Bonchev–Trinajstić information content (AvgIpc) is 2.83. The number of rotatable bonds is 7. The van der Waals surface area contributed by atoms with Crippen molar-refractivity contribution >= 4 is 27.5 Å². The van der Waals surface area contributed by atoms with Crippen LogP contribution in [0.2, 0.25) is 0 Å². The summed E-state index contributed by atoms with van der Waals surface area (Å²) < 4.78 is 22.8. The third-order valence-electron chi connectivity index (χ3n) is 3.77. The smallest absolute Gasteiger partial charge is 0.233 e. The fraction of sp³-hybridized carbons (Fsp3) is 0.562. The molecule has 0 saturated carbocycles. The number of sulfone groups is 1. The lowest BCUT2D eigenvalue weighted by molar-refractivity contribution is -0.120. The fourth-order valence-electron chi connectivity index (χ4n) is 2.48. The van der Waals surface area contributed by atoms with Crippen molar-refractivity contribution in [2.75, 3.05) is 17.3 Å². The third kappa shape index (κ3) is 5.65. The molecule has 0 aliphatic carbocycles. The lowest BCUT2D eigenvalue weighted by atomic mass is 10.1. The molecular formula is C16H23NO3S2. The number of amides is 1. The number of hydrogen-bond donors (Lipinski definition) is 1. The Morgan fingerprint density at radius 1 is 1.36 bits per heavy atom. The van der Waals surface area contributed by atoms with Gasteiger partial charge in [-0.1, -0.05) is 30.3 Å². The second kappa shape index (κ2) is 8.02. The molecule has 1 N–H and O–H groups in total. The molecule has 22 heavy (non-hydrogen) atoms. The number of aryl methyl sites for hydroxylation is 1. The second-order valence-corrected chi connectivity index (χ2v) is 9.39. The second-order valence-electron chi connectivity index (χ2n) is 5.71. The summed E-state index contributed by atoms with van der Waals surface area (Å²) >= 11 is 1.63. The van der Waals surface area contributed by atoms with E-state index in [0.29, 0.717) is 6.42 Å². The van der Waals surface area contributed by atoms with Crippen LogP contribution in [0.3, 0.4) is 0 Å². The van der Waals surface area contributed by atoms with E-state index in [9.17, 15) is 13.2 Å². The van der Waals surface area contributed by atoms with E-state index < -0.39 is 9.84 Å². The van der Waals surface area contributed by atoms with E-state index in [0.717, 1.165) is 18.6 Å². The third-order valence-corrected chi connectivity index (χ3v) is 6.77. The van der Waals surface area contributed by atoms with E-state index in [1.54, 1.807) is 11.8 Å². The molecule has 4 nitrogen and oxygen atoms in total. The Morgan fingerprint density at radius 3 is 2.73 bits per heavy atom. The van der Waals surface area contributed by atoms with Crippen molar-refractivity contribution in [1.29, 1.82) is 0 Å². The van der Waals surface area contributed by atoms with Crippen molar-refractivity contribution < 1.29 is 13.2 Å². The highest BCUT2D eigenvalue weighted by atomic mass is 32.2. The van der Waals surface area contributed by atoms with Gasteiger partial charge in [0.15, 0.2) is 9.84 Å². The van der Waals surface area contributed by atoms with Gasteiger partial charge in [0.05, 0.1) is 16.8 Å². The summed E-state index contributed by atoms with van der Waals surface area (Å²) in [5, 5.41) is 2.71. The van der Waals surface area contributed by atoms with Crippen molar-refractivity contribution in [3.05, 3.63) is 35.9 Å². The van der Waals surface area contributed by atoms with Gasteiger partial charge in [0.25, 0.3) is 0 Å². The van der Waals surface area contributed by atoms with Crippen LogP contribution in [-0.4, -0.2) is 42.9 Å². The van der Waals surface area contributed by atoms with Crippen molar-refractivity contribution in [3.8, 4) is 0 Å². The van der Waals surface area contributed by atoms with Crippen LogP contribution >= 0.6 is 11.8 Å². The quantitative estimate of drug-likeness (QED) is 0.771. The Labute approximate surface area is 137 Å². The molecule has 6 heteroatoms. The van der Waals surface area contributed by atoms with Crippen LogP contribution in [0.1, 0.15) is 25.3 Å². The predicted octanol–water partition coefficient (Wildman–Crippen LogP) is 2.04. The van der Waals surface area contributed by atoms with Crippen LogP contribution in [0.5, 0.6) is 0 Å². The van der Waals surface area contributed by atoms with Gasteiger partial charge in [-0.05, 0) is 37.5 Å². The average molecular weight is 341 g/mol. The lowest BCUT2D eigenvalue weighted by Gasteiger charge is -2.15. The van der Waals surface area contributed by atoms with Crippen molar-refractivity contribution in [1.82, 2.24) is 5.32 Å². The maximum atomic E-state index is 12.0. The Kier molecular flexibility index (Phi) is 6.32. The number of benzene rings is 1. The number of carbonyl (C=O) groups excluding carboxylic acids is 1. The Hall–Kier alpha value is -1.01. The van der Waals surface area contributed by atoms with E-state index in [1.165, 1.54) is 5.56 Å². The van der Waals surface area contributed by atoms with Crippen LogP contribution in [0.25, 0.3) is 0 Å². The minimum Gasteiger partial charge on any atom is -0.351 e. The zero-order chi connectivity index (χ0) is 16.0. The lowest BCUT2D eigenvalue weighted by Crippen LogP contribution is -2.40. The van der Waals surface area contributed by atoms with Gasteiger partial charge in [-0.15, -0.1) is 11.8 Å². The summed E-state index contributed by atoms with van der Waals surface area (Å²) in [5.41, 5.74) is 1.32. The molecule has 1 fully saturated rings. The molecule has 1 heterocycles. The van der Waals surface area contributed by atoms with Gasteiger partial charge < -0.3 is 5.32 Å². The topological polar surface area (TPSA) is 63.2 Å².